The molecule has 0 aromatic carbocycles. The van der Waals surface area contributed by atoms with E-state index in [9.17, 15) is 18.6 Å². The summed E-state index contributed by atoms with van der Waals surface area (Å²) in [4.78, 5) is 33.6. The van der Waals surface area contributed by atoms with Gasteiger partial charge in [-0.15, -0.1) is 0 Å². The molecule has 0 aliphatic heterocycles. The molecule has 0 heterocycles. The van der Waals surface area contributed by atoms with E-state index in [4.69, 9.17) is 10.8 Å². The van der Waals surface area contributed by atoms with E-state index in [-0.39, 0.29) is 11.8 Å². The van der Waals surface area contributed by atoms with E-state index in [0.717, 1.165) is 4.90 Å². The van der Waals surface area contributed by atoms with Crippen LogP contribution in [0.15, 0.2) is 0 Å². The van der Waals surface area contributed by atoms with Crippen LogP contribution in [-0.4, -0.2) is 63.3 Å². The normalized spacial score (nSPS) is 13.4. The molecular weight excluding hydrogens is 262 g/mol. The number of primary amides is 1. The zero-order valence-electron chi connectivity index (χ0n) is 10.2. The van der Waals surface area contributed by atoms with Gasteiger partial charge in [-0.2, -0.15) is 0 Å². The van der Waals surface area contributed by atoms with Crippen LogP contribution >= 0.6 is 0 Å². The Kier molecular flexibility index (Phi) is 6.94. The largest absolute Gasteiger partial charge is 0.480 e. The topological polar surface area (TPSA) is 130 Å². The second-order valence-electron chi connectivity index (χ2n) is 3.71. The summed E-state index contributed by atoms with van der Waals surface area (Å²) in [5.41, 5.74) is 4.91. The average molecular weight is 279 g/mol. The van der Waals surface area contributed by atoms with E-state index < -0.39 is 41.8 Å². The smallest absolute Gasteiger partial charge is 0.323 e. The molecule has 0 aliphatic rings. The monoisotopic (exact) mass is 279 g/mol. The van der Waals surface area contributed by atoms with E-state index in [1.54, 1.807) is 6.92 Å². The van der Waals surface area contributed by atoms with E-state index in [1.165, 1.54) is 6.26 Å². The maximum absolute atomic E-state index is 11.6. The molecule has 0 bridgehead atoms. The van der Waals surface area contributed by atoms with Gasteiger partial charge in [-0.1, -0.05) is 0 Å². The Hall–Kier alpha value is -1.64. The molecule has 0 aliphatic carbocycles. The minimum absolute atomic E-state index is 0.122. The molecule has 18 heavy (non-hydrogen) atoms. The Labute approximate surface area is 107 Å². The summed E-state index contributed by atoms with van der Waals surface area (Å²) in [7, 11) is -1.10. The first-order chi connectivity index (χ1) is 8.23. The van der Waals surface area contributed by atoms with Gasteiger partial charge < -0.3 is 21.1 Å². The van der Waals surface area contributed by atoms with Crippen LogP contribution in [0.4, 0.5) is 4.79 Å². The van der Waals surface area contributed by atoms with Crippen molar-refractivity contribution in [2.75, 3.05) is 25.9 Å². The van der Waals surface area contributed by atoms with Gasteiger partial charge in [-0.05, 0) is 6.92 Å². The van der Waals surface area contributed by atoms with E-state index >= 15 is 0 Å². The number of nitrogens with zero attached hydrogens (tertiary/aromatic N) is 1. The molecule has 4 N–H and O–H groups in total. The first kappa shape index (κ1) is 16.4. The quantitative estimate of drug-likeness (QED) is 0.513. The number of carbonyl (C=O) groups is 3. The number of nitrogens with one attached hydrogen (secondary N) is 1. The Bertz CT molecular complexity index is 344. The fourth-order valence-electron chi connectivity index (χ4n) is 1.01. The van der Waals surface area contributed by atoms with Crippen LogP contribution in [0.25, 0.3) is 0 Å². The predicted molar refractivity (Wildman–Crippen MR) is 65.3 cm³/mol. The molecule has 0 fully saturated rings. The van der Waals surface area contributed by atoms with Crippen LogP contribution in [0.5, 0.6) is 0 Å². The summed E-state index contributed by atoms with van der Waals surface area (Å²) in [6, 6.07) is -0.728. The second-order valence-corrected chi connectivity index (χ2v) is 5.51. The number of aliphatic carboxylic acids is 1. The fraction of sp³-hybridized carbons (Fsp3) is 0.667. The molecule has 9 heteroatoms. The molecule has 3 amide bonds. The van der Waals surface area contributed by atoms with Crippen LogP contribution in [-0.2, 0) is 20.4 Å². The van der Waals surface area contributed by atoms with E-state index in [2.05, 4.69) is 5.32 Å². The van der Waals surface area contributed by atoms with Crippen molar-refractivity contribution in [3.63, 3.8) is 0 Å². The van der Waals surface area contributed by atoms with Crippen LogP contribution < -0.4 is 11.1 Å². The Morgan fingerprint density at radius 1 is 1.39 bits per heavy atom. The molecule has 0 rings (SSSR count). The highest BCUT2D eigenvalue weighted by Gasteiger charge is 2.19. The zero-order valence-corrected chi connectivity index (χ0v) is 11.0. The lowest BCUT2D eigenvalue weighted by Crippen LogP contribution is -2.48. The van der Waals surface area contributed by atoms with Crippen molar-refractivity contribution in [1.29, 1.82) is 0 Å². The molecule has 2 atom stereocenters. The third kappa shape index (κ3) is 6.84. The van der Waals surface area contributed by atoms with Gasteiger partial charge in [0.1, 0.15) is 13.1 Å². The van der Waals surface area contributed by atoms with Crippen molar-refractivity contribution in [2.45, 2.75) is 12.2 Å². The van der Waals surface area contributed by atoms with Gasteiger partial charge in [0, 0.05) is 28.9 Å². The van der Waals surface area contributed by atoms with Crippen molar-refractivity contribution in [2.24, 2.45) is 5.73 Å². The summed E-state index contributed by atoms with van der Waals surface area (Å²) < 4.78 is 11.1. The summed E-state index contributed by atoms with van der Waals surface area (Å²) in [6.07, 6.45) is 1.50. The number of urea groups is 1. The summed E-state index contributed by atoms with van der Waals surface area (Å²) in [6.45, 7) is 0.683. The molecule has 0 saturated heterocycles. The lowest BCUT2D eigenvalue weighted by Gasteiger charge is -2.20. The maximum atomic E-state index is 11.6. The number of nitrogens with two attached hydrogens (primary N) is 1. The molecule has 8 nitrogen and oxygen atoms in total. The first-order valence-electron chi connectivity index (χ1n) is 5.09. The average Bonchev–Trinajstić information content (AvgIpc) is 2.22. The lowest BCUT2D eigenvalue weighted by molar-refractivity contribution is -0.137. The molecule has 0 aromatic heterocycles. The van der Waals surface area contributed by atoms with Crippen molar-refractivity contribution in [3.05, 3.63) is 0 Å². The van der Waals surface area contributed by atoms with E-state index in [1.807, 2.05) is 0 Å². The van der Waals surface area contributed by atoms with E-state index in [0.29, 0.717) is 0 Å². The van der Waals surface area contributed by atoms with Crippen LogP contribution in [0.3, 0.4) is 0 Å². The van der Waals surface area contributed by atoms with Gasteiger partial charge in [0.2, 0.25) is 5.91 Å². The minimum Gasteiger partial charge on any atom is -0.480 e. The van der Waals surface area contributed by atoms with Crippen LogP contribution in [0.2, 0.25) is 0 Å². The number of carbonyl (C=O) groups excluding carboxylic acids is 2. The number of carboxylic acids is 1. The third-order valence-corrected chi connectivity index (χ3v) is 3.37. The standard InChI is InChI=1S/C9H17N3O5S/c1-6(18(2)17)3-11-9(16)12(4-7(10)13)5-8(14)15/h6H,3-5H2,1-2H3,(H2,10,13)(H,11,16)(H,14,15). The molecule has 0 aromatic rings. The Morgan fingerprint density at radius 2 is 1.94 bits per heavy atom. The SMILES string of the molecule is CC(CNC(=O)N(CC(N)=O)CC(=O)O)S(C)=O. The molecule has 104 valence electrons. The second kappa shape index (κ2) is 7.64. The zero-order chi connectivity index (χ0) is 14.3. The van der Waals surface area contributed by atoms with Crippen molar-refractivity contribution in [3.8, 4) is 0 Å². The molecule has 0 radical (unpaired) electrons. The van der Waals surface area contributed by atoms with Gasteiger partial charge >= 0.3 is 12.0 Å². The van der Waals surface area contributed by atoms with Crippen LogP contribution in [0, 0.1) is 0 Å². The maximum Gasteiger partial charge on any atom is 0.323 e. The summed E-state index contributed by atoms with van der Waals surface area (Å²) in [5.74, 6) is -2.06. The van der Waals surface area contributed by atoms with Crippen molar-refractivity contribution < 1.29 is 23.7 Å². The van der Waals surface area contributed by atoms with Gasteiger partial charge in [0.15, 0.2) is 0 Å². The van der Waals surface area contributed by atoms with Gasteiger partial charge in [0.25, 0.3) is 0 Å². The summed E-state index contributed by atoms with van der Waals surface area (Å²) >= 11 is 0. The third-order valence-electron chi connectivity index (χ3n) is 2.07. The minimum atomic E-state index is -1.25. The number of carboxylic acid groups (broad SMARTS) is 1. The molecule has 0 spiro atoms. The highest BCUT2D eigenvalue weighted by atomic mass is 32.2. The highest BCUT2D eigenvalue weighted by Crippen LogP contribution is 1.93. The fourth-order valence-corrected chi connectivity index (χ4v) is 1.33. The molecule has 2 unspecified atom stereocenters. The number of hydrogen-bond acceptors (Lipinski definition) is 4. The number of rotatable bonds is 7. The number of hydrogen-bond donors (Lipinski definition) is 3. The van der Waals surface area contributed by atoms with Crippen molar-refractivity contribution in [1.82, 2.24) is 10.2 Å². The Morgan fingerprint density at radius 3 is 2.33 bits per heavy atom. The summed E-state index contributed by atoms with van der Waals surface area (Å²) in [5, 5.41) is 10.7. The van der Waals surface area contributed by atoms with Crippen LogP contribution in [0.1, 0.15) is 6.92 Å². The molecule has 0 saturated carbocycles. The Balaban J connectivity index is 4.41. The first-order valence-corrected chi connectivity index (χ1v) is 6.71. The lowest BCUT2D eigenvalue weighted by atomic mass is 10.4. The van der Waals surface area contributed by atoms with Gasteiger partial charge in [-0.3, -0.25) is 13.8 Å². The van der Waals surface area contributed by atoms with Crippen molar-refractivity contribution >= 4 is 28.7 Å². The van der Waals surface area contributed by atoms with Gasteiger partial charge in [0.05, 0.1) is 0 Å². The predicted octanol–water partition coefficient (Wildman–Crippen LogP) is -1.67. The van der Waals surface area contributed by atoms with Gasteiger partial charge in [-0.25, -0.2) is 4.79 Å². The highest BCUT2D eigenvalue weighted by molar-refractivity contribution is 7.84. The number of amides is 3. The molecular formula is C9H17N3O5S.